The predicted octanol–water partition coefficient (Wildman–Crippen LogP) is 4.56. The summed E-state index contributed by atoms with van der Waals surface area (Å²) in [7, 11) is 1.80. The maximum atomic E-state index is 15.6. The number of likely N-dealkylation sites (N-methyl/N-ethyl adjacent to an activating group) is 1. The Balaban J connectivity index is 1.52. The molecule has 0 radical (unpaired) electrons. The van der Waals surface area contributed by atoms with Crippen molar-refractivity contribution in [3.05, 3.63) is 47.4 Å². The van der Waals surface area contributed by atoms with Gasteiger partial charge in [0.15, 0.2) is 0 Å². The molecule has 3 aromatic rings. The molecule has 35 heavy (non-hydrogen) atoms. The van der Waals surface area contributed by atoms with Gasteiger partial charge in [-0.3, -0.25) is 9.78 Å². The van der Waals surface area contributed by atoms with E-state index in [1.165, 1.54) is 6.07 Å². The third-order valence-electron chi connectivity index (χ3n) is 7.88. The summed E-state index contributed by atoms with van der Waals surface area (Å²) in [6.45, 7) is 5.16. The highest BCUT2D eigenvalue weighted by atomic mass is 19.1. The molecule has 2 fully saturated rings. The van der Waals surface area contributed by atoms with E-state index in [-0.39, 0.29) is 23.7 Å². The fourth-order valence-corrected chi connectivity index (χ4v) is 5.91. The minimum Gasteiger partial charge on any atom is -0.381 e. The third-order valence-corrected chi connectivity index (χ3v) is 7.88. The maximum absolute atomic E-state index is 15.6. The third kappa shape index (κ3) is 3.83. The number of carbonyl (C=O) groups excluding carboxylic acids is 1. The summed E-state index contributed by atoms with van der Waals surface area (Å²) < 4.78 is 28.7. The summed E-state index contributed by atoms with van der Waals surface area (Å²) in [6.07, 6.45) is 5.41. The van der Waals surface area contributed by atoms with Gasteiger partial charge in [-0.05, 0) is 50.1 Å². The molecule has 1 atom stereocenters. The van der Waals surface area contributed by atoms with Gasteiger partial charge in [-0.2, -0.15) is 0 Å². The van der Waals surface area contributed by atoms with Gasteiger partial charge in [0, 0.05) is 68.2 Å². The lowest BCUT2D eigenvalue weighted by Gasteiger charge is -2.32. The molecular formula is C27H31FN4O3. The van der Waals surface area contributed by atoms with Crippen molar-refractivity contribution >= 4 is 16.7 Å². The number of halogens is 1. The van der Waals surface area contributed by atoms with Crippen LogP contribution in [0.25, 0.3) is 22.0 Å². The molecule has 6 rings (SSSR count). The van der Waals surface area contributed by atoms with Gasteiger partial charge >= 0.3 is 0 Å². The molecule has 2 saturated heterocycles. The molecule has 1 aromatic carbocycles. The van der Waals surface area contributed by atoms with E-state index in [0.29, 0.717) is 36.9 Å². The fourth-order valence-electron chi connectivity index (χ4n) is 5.91. The van der Waals surface area contributed by atoms with Gasteiger partial charge < -0.3 is 18.9 Å². The van der Waals surface area contributed by atoms with Crippen LogP contribution in [-0.2, 0) is 20.8 Å². The Kier molecular flexibility index (Phi) is 5.81. The van der Waals surface area contributed by atoms with Crippen LogP contribution in [0.3, 0.4) is 0 Å². The van der Waals surface area contributed by atoms with Crippen LogP contribution in [-0.4, -0.2) is 58.8 Å². The van der Waals surface area contributed by atoms with E-state index in [4.69, 9.17) is 19.4 Å². The number of benzene rings is 1. The van der Waals surface area contributed by atoms with Gasteiger partial charge in [-0.25, -0.2) is 9.37 Å². The second-order valence-electron chi connectivity index (χ2n) is 10.0. The van der Waals surface area contributed by atoms with Gasteiger partial charge in [0.25, 0.3) is 0 Å². The predicted molar refractivity (Wildman–Crippen MR) is 130 cm³/mol. The zero-order valence-corrected chi connectivity index (χ0v) is 20.3. The number of fused-ring (bicyclic) bond motifs is 2. The van der Waals surface area contributed by atoms with Crippen molar-refractivity contribution in [1.29, 1.82) is 0 Å². The molecule has 0 spiro atoms. The van der Waals surface area contributed by atoms with Crippen molar-refractivity contribution < 1.29 is 18.7 Å². The number of carbonyl (C=O) groups is 1. The van der Waals surface area contributed by atoms with Gasteiger partial charge in [0.1, 0.15) is 17.7 Å². The summed E-state index contributed by atoms with van der Waals surface area (Å²) in [6, 6.07) is 5.08. The molecule has 3 aliphatic heterocycles. The average Bonchev–Trinajstić information content (AvgIpc) is 3.27. The van der Waals surface area contributed by atoms with Gasteiger partial charge in [-0.15, -0.1) is 0 Å². The molecule has 8 heteroatoms. The molecule has 2 aromatic heterocycles. The number of rotatable bonds is 3. The lowest BCUT2D eigenvalue weighted by Crippen LogP contribution is -2.40. The van der Waals surface area contributed by atoms with Crippen LogP contribution in [0.15, 0.2) is 24.4 Å². The van der Waals surface area contributed by atoms with Crippen molar-refractivity contribution in [2.24, 2.45) is 0 Å². The maximum Gasteiger partial charge on any atom is 0.245 e. The molecular weight excluding hydrogens is 447 g/mol. The Bertz CT molecular complexity index is 1280. The van der Waals surface area contributed by atoms with Gasteiger partial charge in [-0.1, -0.05) is 6.07 Å². The minimum atomic E-state index is -0.376. The Labute approximate surface area is 204 Å². The van der Waals surface area contributed by atoms with E-state index in [0.717, 1.165) is 66.9 Å². The standard InChI is InChI=1S/C27H31FN4O3/c1-16-27(33)31(2)15-23-25(30-26(32(16)23)18-7-11-35-12-8-18)24-20-14-29-22(17-5-9-34-10-6-17)13-19(20)3-4-21(24)28/h3-4,13-14,16-18H,5-12,15H2,1-2H3. The number of imidazole rings is 1. The molecule has 3 aliphatic rings. The van der Waals surface area contributed by atoms with E-state index < -0.39 is 0 Å². The van der Waals surface area contributed by atoms with Crippen LogP contribution in [0.1, 0.15) is 67.7 Å². The Hall–Kier alpha value is -2.84. The van der Waals surface area contributed by atoms with Crippen LogP contribution in [0.2, 0.25) is 0 Å². The summed E-state index contributed by atoms with van der Waals surface area (Å²) in [5.41, 5.74) is 3.03. The number of nitrogens with zero attached hydrogens (tertiary/aromatic N) is 4. The molecule has 0 saturated carbocycles. The molecule has 184 valence electrons. The first-order valence-corrected chi connectivity index (χ1v) is 12.6. The topological polar surface area (TPSA) is 69.5 Å². The van der Waals surface area contributed by atoms with E-state index in [2.05, 4.69) is 10.6 Å². The van der Waals surface area contributed by atoms with Gasteiger partial charge in [0.2, 0.25) is 5.91 Å². The Morgan fingerprint density at radius 1 is 1.03 bits per heavy atom. The van der Waals surface area contributed by atoms with Crippen molar-refractivity contribution in [2.75, 3.05) is 33.5 Å². The fraction of sp³-hybridized carbons (Fsp3) is 0.519. The molecule has 7 nitrogen and oxygen atoms in total. The van der Waals surface area contributed by atoms with E-state index in [9.17, 15) is 4.79 Å². The van der Waals surface area contributed by atoms with E-state index in [1.807, 2.05) is 13.0 Å². The number of amides is 1. The van der Waals surface area contributed by atoms with Crippen molar-refractivity contribution in [3.63, 3.8) is 0 Å². The van der Waals surface area contributed by atoms with Gasteiger partial charge in [0.05, 0.1) is 17.9 Å². The first-order chi connectivity index (χ1) is 17.0. The zero-order chi connectivity index (χ0) is 24.1. The summed E-state index contributed by atoms with van der Waals surface area (Å²) in [5.74, 6) is 1.16. The highest BCUT2D eigenvalue weighted by Crippen LogP contribution is 2.41. The molecule has 1 amide bonds. The monoisotopic (exact) mass is 478 g/mol. The minimum absolute atomic E-state index is 0.0518. The van der Waals surface area contributed by atoms with Crippen LogP contribution < -0.4 is 0 Å². The lowest BCUT2D eigenvalue weighted by molar-refractivity contribution is -0.135. The van der Waals surface area contributed by atoms with Crippen molar-refractivity contribution in [1.82, 2.24) is 19.4 Å². The lowest BCUT2D eigenvalue weighted by atomic mass is 9.93. The highest BCUT2D eigenvalue weighted by molar-refractivity contribution is 5.96. The SMILES string of the molecule is CC1C(=O)N(C)Cc2c(-c3c(F)ccc4cc(C5CCOCC5)ncc34)nc(C3CCOCC3)n21. The largest absolute Gasteiger partial charge is 0.381 e. The van der Waals surface area contributed by atoms with Crippen LogP contribution >= 0.6 is 0 Å². The molecule has 1 unspecified atom stereocenters. The second kappa shape index (κ2) is 8.99. The first kappa shape index (κ1) is 22.6. The highest BCUT2D eigenvalue weighted by Gasteiger charge is 2.36. The Morgan fingerprint density at radius 3 is 2.43 bits per heavy atom. The molecule has 0 bridgehead atoms. The summed E-state index contributed by atoms with van der Waals surface area (Å²) in [4.78, 5) is 24.5. The second-order valence-corrected chi connectivity index (χ2v) is 10.0. The quantitative estimate of drug-likeness (QED) is 0.552. The summed E-state index contributed by atoms with van der Waals surface area (Å²) >= 11 is 0. The molecule has 0 N–H and O–H groups in total. The normalized spacial score (nSPS) is 22.1. The number of pyridine rings is 1. The van der Waals surface area contributed by atoms with E-state index >= 15 is 4.39 Å². The Morgan fingerprint density at radius 2 is 1.71 bits per heavy atom. The van der Waals surface area contributed by atoms with Crippen molar-refractivity contribution in [3.8, 4) is 11.3 Å². The van der Waals surface area contributed by atoms with Crippen LogP contribution in [0, 0.1) is 5.82 Å². The number of aromatic nitrogens is 3. The van der Waals surface area contributed by atoms with Crippen LogP contribution in [0.5, 0.6) is 0 Å². The summed E-state index contributed by atoms with van der Waals surface area (Å²) in [5, 5.41) is 1.72. The smallest absolute Gasteiger partial charge is 0.245 e. The van der Waals surface area contributed by atoms with Crippen LogP contribution in [0.4, 0.5) is 4.39 Å². The van der Waals surface area contributed by atoms with E-state index in [1.54, 1.807) is 18.1 Å². The molecule has 0 aliphatic carbocycles. The number of hydrogen-bond acceptors (Lipinski definition) is 5. The zero-order valence-electron chi connectivity index (χ0n) is 20.3. The number of hydrogen-bond donors (Lipinski definition) is 0. The number of ether oxygens (including phenoxy) is 2. The molecule has 5 heterocycles. The first-order valence-electron chi connectivity index (χ1n) is 12.6. The average molecular weight is 479 g/mol. The van der Waals surface area contributed by atoms with Crippen molar-refractivity contribution in [2.45, 2.75) is 57.0 Å².